The molecule has 0 aliphatic heterocycles. The van der Waals surface area contributed by atoms with Gasteiger partial charge in [0.25, 0.3) is 0 Å². The smallest absolute Gasteiger partial charge is 0.232 e. The highest BCUT2D eigenvalue weighted by Gasteiger charge is 2.21. The van der Waals surface area contributed by atoms with Crippen molar-refractivity contribution in [1.29, 1.82) is 0 Å². The third kappa shape index (κ3) is 6.03. The molecule has 0 aliphatic carbocycles. The number of ether oxygens (including phenoxy) is 1. The molecule has 7 heteroatoms. The van der Waals surface area contributed by atoms with Crippen LogP contribution in [-0.4, -0.2) is 40.3 Å². The lowest BCUT2D eigenvalue weighted by molar-refractivity contribution is -0.121. The molecule has 0 heterocycles. The molecular formula is C17H28N2O4S. The molecule has 1 amide bonds. The molecule has 0 aliphatic rings. The fraction of sp³-hybridized carbons (Fsp3) is 0.588. The molecule has 1 aromatic rings. The molecule has 136 valence electrons. The number of nitrogens with one attached hydrogen (secondary N) is 1. The Morgan fingerprint density at radius 1 is 1.25 bits per heavy atom. The molecule has 0 saturated carbocycles. The Bertz CT molecular complexity index is 627. The molecule has 0 unspecified atom stereocenters. The first-order valence-electron chi connectivity index (χ1n) is 8.23. The van der Waals surface area contributed by atoms with Crippen molar-refractivity contribution in [3.05, 3.63) is 24.3 Å². The number of sulfonamides is 1. The zero-order valence-corrected chi connectivity index (χ0v) is 15.7. The Kier molecular flexibility index (Phi) is 8.04. The number of anilines is 1. The van der Waals surface area contributed by atoms with Gasteiger partial charge < -0.3 is 10.1 Å². The first-order chi connectivity index (χ1) is 11.3. The van der Waals surface area contributed by atoms with Crippen molar-refractivity contribution in [3.63, 3.8) is 0 Å². The average molecular weight is 356 g/mol. The Hall–Kier alpha value is -1.76. The number of para-hydroxylation sites is 2. The minimum Gasteiger partial charge on any atom is -0.495 e. The summed E-state index contributed by atoms with van der Waals surface area (Å²) in [6, 6.07) is 7.14. The summed E-state index contributed by atoms with van der Waals surface area (Å²) in [4.78, 5) is 12.0. The second kappa shape index (κ2) is 9.52. The lowest BCUT2D eigenvalue weighted by Gasteiger charge is -2.24. The number of amides is 1. The molecule has 0 bridgehead atoms. The lowest BCUT2D eigenvalue weighted by atomic mass is 10.1. The van der Waals surface area contributed by atoms with Gasteiger partial charge in [0, 0.05) is 19.0 Å². The van der Waals surface area contributed by atoms with E-state index in [-0.39, 0.29) is 24.9 Å². The molecular weight excluding hydrogens is 328 g/mol. The van der Waals surface area contributed by atoms with Crippen molar-refractivity contribution in [1.82, 2.24) is 5.32 Å². The summed E-state index contributed by atoms with van der Waals surface area (Å²) in [6.45, 7) is 4.29. The second-order valence-corrected chi connectivity index (χ2v) is 7.60. The highest BCUT2D eigenvalue weighted by atomic mass is 32.2. The van der Waals surface area contributed by atoms with Gasteiger partial charge in [0.1, 0.15) is 5.75 Å². The lowest BCUT2D eigenvalue weighted by Crippen LogP contribution is -2.35. The third-order valence-electron chi connectivity index (χ3n) is 3.87. The molecule has 1 aromatic carbocycles. The zero-order chi connectivity index (χ0) is 18.2. The van der Waals surface area contributed by atoms with Gasteiger partial charge in [-0.25, -0.2) is 8.42 Å². The standard InChI is InChI=1S/C17H28N2O4S/c1-5-14(6-2)18-17(20)12-9-13-19(24(4,21)22)15-10-7-8-11-16(15)23-3/h7-8,10-11,14H,5-6,9,12-13H2,1-4H3,(H,18,20). The Morgan fingerprint density at radius 2 is 1.88 bits per heavy atom. The van der Waals surface area contributed by atoms with E-state index in [9.17, 15) is 13.2 Å². The Balaban J connectivity index is 2.74. The molecule has 0 fully saturated rings. The van der Waals surface area contributed by atoms with Gasteiger partial charge in [0.15, 0.2) is 0 Å². The SMILES string of the molecule is CCC(CC)NC(=O)CCCN(c1ccccc1OC)S(C)(=O)=O. The maximum absolute atomic E-state index is 12.1. The van der Waals surface area contributed by atoms with Gasteiger partial charge in [-0.1, -0.05) is 26.0 Å². The van der Waals surface area contributed by atoms with E-state index in [1.54, 1.807) is 24.3 Å². The topological polar surface area (TPSA) is 75.7 Å². The average Bonchev–Trinajstić information content (AvgIpc) is 2.55. The predicted molar refractivity (Wildman–Crippen MR) is 96.9 cm³/mol. The number of benzene rings is 1. The molecule has 1 rings (SSSR count). The van der Waals surface area contributed by atoms with Crippen LogP contribution in [0.15, 0.2) is 24.3 Å². The van der Waals surface area contributed by atoms with Crippen molar-refractivity contribution in [3.8, 4) is 5.75 Å². The van der Waals surface area contributed by atoms with E-state index in [0.717, 1.165) is 19.1 Å². The van der Waals surface area contributed by atoms with E-state index >= 15 is 0 Å². The van der Waals surface area contributed by atoms with Crippen LogP contribution in [0.25, 0.3) is 0 Å². The van der Waals surface area contributed by atoms with E-state index in [0.29, 0.717) is 17.9 Å². The van der Waals surface area contributed by atoms with E-state index in [4.69, 9.17) is 4.74 Å². The van der Waals surface area contributed by atoms with E-state index < -0.39 is 10.0 Å². The molecule has 1 N–H and O–H groups in total. The Labute approximate surface area is 145 Å². The van der Waals surface area contributed by atoms with Gasteiger partial charge in [-0.3, -0.25) is 9.10 Å². The normalized spacial score (nSPS) is 11.4. The van der Waals surface area contributed by atoms with Gasteiger partial charge >= 0.3 is 0 Å². The van der Waals surface area contributed by atoms with E-state index in [1.807, 2.05) is 13.8 Å². The number of carbonyl (C=O) groups excluding carboxylic acids is 1. The number of rotatable bonds is 10. The highest BCUT2D eigenvalue weighted by Crippen LogP contribution is 2.29. The van der Waals surface area contributed by atoms with Gasteiger partial charge in [0.2, 0.25) is 15.9 Å². The summed E-state index contributed by atoms with van der Waals surface area (Å²) < 4.78 is 30.8. The number of nitrogens with zero attached hydrogens (tertiary/aromatic N) is 1. The first kappa shape index (κ1) is 20.3. The summed E-state index contributed by atoms with van der Waals surface area (Å²) in [6.07, 6.45) is 3.66. The molecule has 0 aromatic heterocycles. The Morgan fingerprint density at radius 3 is 2.42 bits per heavy atom. The van der Waals surface area contributed by atoms with E-state index in [2.05, 4.69) is 5.32 Å². The van der Waals surface area contributed by atoms with Crippen molar-refractivity contribution in [2.24, 2.45) is 0 Å². The van der Waals surface area contributed by atoms with Crippen LogP contribution in [0, 0.1) is 0 Å². The minimum atomic E-state index is -3.46. The van der Waals surface area contributed by atoms with Crippen molar-refractivity contribution >= 4 is 21.6 Å². The summed E-state index contributed by atoms with van der Waals surface area (Å²) in [5.74, 6) is 0.446. The molecule has 0 atom stereocenters. The number of carbonyl (C=O) groups is 1. The van der Waals surface area contributed by atoms with Gasteiger partial charge in [0.05, 0.1) is 19.1 Å². The predicted octanol–water partition coefficient (Wildman–Crippen LogP) is 2.55. The largest absolute Gasteiger partial charge is 0.495 e. The summed E-state index contributed by atoms with van der Waals surface area (Å²) >= 11 is 0. The molecule has 24 heavy (non-hydrogen) atoms. The minimum absolute atomic E-state index is 0.0443. The molecule has 0 spiro atoms. The van der Waals surface area contributed by atoms with Crippen molar-refractivity contribution in [2.45, 2.75) is 45.6 Å². The van der Waals surface area contributed by atoms with Gasteiger partial charge in [-0.05, 0) is 31.4 Å². The summed E-state index contributed by atoms with van der Waals surface area (Å²) in [7, 11) is -1.96. The fourth-order valence-corrected chi connectivity index (χ4v) is 3.45. The number of hydrogen-bond donors (Lipinski definition) is 1. The zero-order valence-electron chi connectivity index (χ0n) is 14.9. The van der Waals surface area contributed by atoms with E-state index in [1.165, 1.54) is 11.4 Å². The van der Waals surface area contributed by atoms with Gasteiger partial charge in [-0.2, -0.15) is 0 Å². The van der Waals surface area contributed by atoms with Crippen LogP contribution in [0.4, 0.5) is 5.69 Å². The maximum Gasteiger partial charge on any atom is 0.232 e. The van der Waals surface area contributed by atoms with Crippen LogP contribution in [0.1, 0.15) is 39.5 Å². The quantitative estimate of drug-likeness (QED) is 0.699. The monoisotopic (exact) mass is 356 g/mol. The molecule has 0 saturated heterocycles. The van der Waals surface area contributed by atoms with Crippen molar-refractivity contribution < 1.29 is 17.9 Å². The summed E-state index contributed by atoms with van der Waals surface area (Å²) in [5, 5.41) is 2.96. The summed E-state index contributed by atoms with van der Waals surface area (Å²) in [5.41, 5.74) is 0.489. The maximum atomic E-state index is 12.1. The first-order valence-corrected chi connectivity index (χ1v) is 10.1. The van der Waals surface area contributed by atoms with Crippen LogP contribution in [0.2, 0.25) is 0 Å². The molecule has 0 radical (unpaired) electrons. The van der Waals surface area contributed by atoms with Crippen LogP contribution in [-0.2, 0) is 14.8 Å². The van der Waals surface area contributed by atoms with Gasteiger partial charge in [-0.15, -0.1) is 0 Å². The highest BCUT2D eigenvalue weighted by molar-refractivity contribution is 7.92. The molecule has 6 nitrogen and oxygen atoms in total. The number of hydrogen-bond acceptors (Lipinski definition) is 4. The second-order valence-electron chi connectivity index (χ2n) is 5.69. The van der Waals surface area contributed by atoms with Crippen LogP contribution in [0.3, 0.4) is 0 Å². The van der Waals surface area contributed by atoms with Crippen LogP contribution < -0.4 is 14.4 Å². The van der Waals surface area contributed by atoms with Crippen LogP contribution in [0.5, 0.6) is 5.75 Å². The third-order valence-corrected chi connectivity index (χ3v) is 5.05. The number of methoxy groups -OCH3 is 1. The van der Waals surface area contributed by atoms with Crippen LogP contribution >= 0.6 is 0 Å². The fourth-order valence-electron chi connectivity index (χ4n) is 2.48. The van der Waals surface area contributed by atoms with Crippen molar-refractivity contribution in [2.75, 3.05) is 24.2 Å².